The van der Waals surface area contributed by atoms with Crippen LogP contribution >= 0.6 is 0 Å². The Bertz CT molecular complexity index is 810. The summed E-state index contributed by atoms with van der Waals surface area (Å²) in [5.74, 6) is 0. The van der Waals surface area contributed by atoms with Gasteiger partial charge in [0, 0.05) is 18.1 Å². The summed E-state index contributed by atoms with van der Waals surface area (Å²) in [5, 5.41) is 4.15. The number of aromatic nitrogens is 4. The number of benzene rings is 1. The summed E-state index contributed by atoms with van der Waals surface area (Å²) >= 11 is 0. The summed E-state index contributed by atoms with van der Waals surface area (Å²) in [5.41, 5.74) is 1.44. The topological polar surface area (TPSA) is 92.7 Å². The van der Waals surface area contributed by atoms with Crippen LogP contribution in [-0.4, -0.2) is 28.2 Å². The zero-order valence-corrected chi connectivity index (χ0v) is 11.8. The Balaban J connectivity index is 1.80. The molecule has 0 bridgehead atoms. The van der Waals surface area contributed by atoms with Crippen molar-refractivity contribution < 1.29 is 8.42 Å². The van der Waals surface area contributed by atoms with Crippen molar-refractivity contribution >= 4 is 15.7 Å². The van der Waals surface area contributed by atoms with Crippen LogP contribution in [-0.2, 0) is 16.6 Å². The largest absolute Gasteiger partial charge is 0.334 e. The second kappa shape index (κ2) is 5.41. The zero-order valence-electron chi connectivity index (χ0n) is 11.0. The fraction of sp³-hybridized carbons (Fsp3) is 0.0769. The molecule has 1 aromatic carbocycles. The molecule has 0 spiro atoms. The van der Waals surface area contributed by atoms with Gasteiger partial charge in [-0.3, -0.25) is 9.40 Å². The number of sulfonamides is 1. The van der Waals surface area contributed by atoms with Gasteiger partial charge in [0.2, 0.25) is 0 Å². The average Bonchev–Trinajstić information content (AvgIpc) is 3.11. The van der Waals surface area contributed by atoms with Crippen molar-refractivity contribution in [3.05, 3.63) is 60.8 Å². The van der Waals surface area contributed by atoms with Crippen molar-refractivity contribution in [3.63, 3.8) is 0 Å². The van der Waals surface area contributed by atoms with E-state index in [0.717, 1.165) is 5.56 Å². The maximum atomic E-state index is 12.1. The molecule has 0 amide bonds. The van der Waals surface area contributed by atoms with Gasteiger partial charge in [-0.25, -0.2) is 4.98 Å². The Hall–Kier alpha value is -2.61. The van der Waals surface area contributed by atoms with E-state index in [4.69, 9.17) is 0 Å². The number of hydrogen-bond donors (Lipinski definition) is 2. The maximum absolute atomic E-state index is 12.1. The first-order valence-corrected chi connectivity index (χ1v) is 7.69. The Kier molecular flexibility index (Phi) is 3.44. The third-order valence-corrected chi connectivity index (χ3v) is 4.15. The van der Waals surface area contributed by atoms with Crippen LogP contribution in [0.2, 0.25) is 0 Å². The van der Waals surface area contributed by atoms with E-state index in [1.165, 1.54) is 12.5 Å². The van der Waals surface area contributed by atoms with Crippen molar-refractivity contribution in [2.75, 3.05) is 4.72 Å². The van der Waals surface area contributed by atoms with Gasteiger partial charge in [-0.1, -0.05) is 12.1 Å². The van der Waals surface area contributed by atoms with Gasteiger partial charge in [0.05, 0.1) is 19.1 Å². The molecular weight excluding hydrogens is 290 g/mol. The molecule has 0 unspecified atom stereocenters. The third-order valence-electron chi connectivity index (χ3n) is 2.85. The molecule has 2 heterocycles. The SMILES string of the molecule is O=S(=O)(Nc1cccc(Cn2cccn2)c1)c1cnc[nH]1. The molecule has 0 aliphatic rings. The molecule has 0 radical (unpaired) electrons. The van der Waals surface area contributed by atoms with E-state index in [1.807, 2.05) is 18.3 Å². The van der Waals surface area contributed by atoms with Crippen molar-refractivity contribution in [3.8, 4) is 0 Å². The lowest BCUT2D eigenvalue weighted by molar-refractivity contribution is 0.598. The minimum Gasteiger partial charge on any atom is -0.334 e. The van der Waals surface area contributed by atoms with Crippen molar-refractivity contribution in [1.82, 2.24) is 19.7 Å². The number of aromatic amines is 1. The second-order valence-electron chi connectivity index (χ2n) is 4.43. The molecule has 108 valence electrons. The number of rotatable bonds is 5. The van der Waals surface area contributed by atoms with Crippen LogP contribution in [0.25, 0.3) is 0 Å². The normalized spacial score (nSPS) is 11.4. The standard InChI is InChI=1S/C13H13N5O2S/c19-21(20,13-8-14-10-15-13)17-12-4-1-3-11(7-12)9-18-6-2-5-16-18/h1-8,10,17H,9H2,(H,14,15). The summed E-state index contributed by atoms with van der Waals surface area (Å²) in [6, 6.07) is 9.01. The van der Waals surface area contributed by atoms with Gasteiger partial charge in [-0.15, -0.1) is 0 Å². The first-order chi connectivity index (χ1) is 10.1. The number of hydrogen-bond acceptors (Lipinski definition) is 4. The Morgan fingerprint density at radius 2 is 2.19 bits per heavy atom. The average molecular weight is 303 g/mol. The van der Waals surface area contributed by atoms with Crippen molar-refractivity contribution in [1.29, 1.82) is 0 Å². The second-order valence-corrected chi connectivity index (χ2v) is 6.08. The quantitative estimate of drug-likeness (QED) is 0.746. The van der Waals surface area contributed by atoms with Crippen LogP contribution < -0.4 is 4.72 Å². The van der Waals surface area contributed by atoms with E-state index in [0.29, 0.717) is 12.2 Å². The number of anilines is 1. The lowest BCUT2D eigenvalue weighted by Crippen LogP contribution is -2.13. The van der Waals surface area contributed by atoms with Crippen LogP contribution in [0.1, 0.15) is 5.56 Å². The van der Waals surface area contributed by atoms with Crippen LogP contribution in [0, 0.1) is 0 Å². The molecule has 3 rings (SSSR count). The van der Waals surface area contributed by atoms with E-state index >= 15 is 0 Å². The monoisotopic (exact) mass is 303 g/mol. The van der Waals surface area contributed by atoms with Crippen LogP contribution in [0.5, 0.6) is 0 Å². The van der Waals surface area contributed by atoms with Crippen molar-refractivity contribution in [2.45, 2.75) is 11.6 Å². The summed E-state index contributed by atoms with van der Waals surface area (Å²) in [7, 11) is -3.64. The highest BCUT2D eigenvalue weighted by Gasteiger charge is 2.15. The van der Waals surface area contributed by atoms with Crippen LogP contribution in [0.15, 0.2) is 60.3 Å². The van der Waals surface area contributed by atoms with E-state index < -0.39 is 10.0 Å². The summed E-state index contributed by atoms with van der Waals surface area (Å²) < 4.78 is 28.5. The number of H-pyrrole nitrogens is 1. The molecule has 2 aromatic heterocycles. The van der Waals surface area contributed by atoms with Gasteiger partial charge < -0.3 is 4.98 Å². The highest BCUT2D eigenvalue weighted by Crippen LogP contribution is 2.16. The summed E-state index contributed by atoms with van der Waals surface area (Å²) in [4.78, 5) is 6.28. The first-order valence-electron chi connectivity index (χ1n) is 6.21. The summed E-state index contributed by atoms with van der Waals surface area (Å²) in [6.45, 7) is 0.576. The summed E-state index contributed by atoms with van der Waals surface area (Å²) in [6.07, 6.45) is 6.13. The lowest BCUT2D eigenvalue weighted by Gasteiger charge is -2.08. The molecule has 0 aliphatic heterocycles. The lowest BCUT2D eigenvalue weighted by atomic mass is 10.2. The molecule has 0 atom stereocenters. The Morgan fingerprint density at radius 1 is 1.29 bits per heavy atom. The number of nitrogens with zero attached hydrogens (tertiary/aromatic N) is 3. The van der Waals surface area contributed by atoms with Gasteiger partial charge in [-0.2, -0.15) is 13.5 Å². The first kappa shape index (κ1) is 13.4. The van der Waals surface area contributed by atoms with E-state index in [-0.39, 0.29) is 5.03 Å². The number of imidazole rings is 1. The van der Waals surface area contributed by atoms with Gasteiger partial charge in [0.15, 0.2) is 5.03 Å². The molecule has 21 heavy (non-hydrogen) atoms. The maximum Gasteiger partial charge on any atom is 0.278 e. The fourth-order valence-electron chi connectivity index (χ4n) is 1.91. The third kappa shape index (κ3) is 3.11. The van der Waals surface area contributed by atoms with E-state index in [1.54, 1.807) is 29.1 Å². The number of nitrogens with one attached hydrogen (secondary N) is 2. The van der Waals surface area contributed by atoms with Gasteiger partial charge >= 0.3 is 0 Å². The smallest absolute Gasteiger partial charge is 0.278 e. The molecule has 0 saturated heterocycles. The predicted octanol–water partition coefficient (Wildman–Crippen LogP) is 1.46. The molecular formula is C13H13N5O2S. The van der Waals surface area contributed by atoms with Crippen LogP contribution in [0.3, 0.4) is 0 Å². The van der Waals surface area contributed by atoms with Crippen LogP contribution in [0.4, 0.5) is 5.69 Å². The highest BCUT2D eigenvalue weighted by molar-refractivity contribution is 7.92. The fourth-order valence-corrected chi connectivity index (χ4v) is 2.87. The molecule has 7 nitrogen and oxygen atoms in total. The zero-order chi connectivity index (χ0) is 14.7. The molecule has 0 saturated carbocycles. The molecule has 3 aromatic rings. The molecule has 0 aliphatic carbocycles. The van der Waals surface area contributed by atoms with Crippen molar-refractivity contribution in [2.24, 2.45) is 0 Å². The highest BCUT2D eigenvalue weighted by atomic mass is 32.2. The van der Waals surface area contributed by atoms with Gasteiger partial charge in [-0.05, 0) is 23.8 Å². The minimum atomic E-state index is -3.64. The molecule has 2 N–H and O–H groups in total. The Morgan fingerprint density at radius 3 is 2.90 bits per heavy atom. The van der Waals surface area contributed by atoms with Gasteiger partial charge in [0.25, 0.3) is 10.0 Å². The van der Waals surface area contributed by atoms with E-state index in [9.17, 15) is 8.42 Å². The molecule has 8 heteroatoms. The van der Waals surface area contributed by atoms with E-state index in [2.05, 4.69) is 19.8 Å². The van der Waals surface area contributed by atoms with Gasteiger partial charge in [0.1, 0.15) is 0 Å². The Labute approximate surface area is 121 Å². The minimum absolute atomic E-state index is 0.0278. The predicted molar refractivity (Wildman–Crippen MR) is 77.2 cm³/mol. The molecule has 0 fully saturated rings.